The highest BCUT2D eigenvalue weighted by molar-refractivity contribution is 7.86. The average molecular weight is 324 g/mol. The molecule has 2 aliphatic carbocycles. The van der Waals surface area contributed by atoms with Crippen LogP contribution in [0.5, 0.6) is 0 Å². The molecule has 0 spiro atoms. The molecular weight excluding hydrogens is 304 g/mol. The minimum atomic E-state index is -3.73. The van der Waals surface area contributed by atoms with E-state index in [1.165, 1.54) is 0 Å². The van der Waals surface area contributed by atoms with E-state index in [-0.39, 0.29) is 34.7 Å². The van der Waals surface area contributed by atoms with Crippen LogP contribution in [0.2, 0.25) is 0 Å². The van der Waals surface area contributed by atoms with Crippen molar-refractivity contribution >= 4 is 16.1 Å². The monoisotopic (exact) mass is 324 g/mol. The van der Waals surface area contributed by atoms with Gasteiger partial charge in [0.25, 0.3) is 10.1 Å². The number of esters is 1. The first-order chi connectivity index (χ1) is 10.4. The quantitative estimate of drug-likeness (QED) is 0.614. The molecule has 5 nitrogen and oxygen atoms in total. The zero-order valence-corrected chi connectivity index (χ0v) is 13.5. The van der Waals surface area contributed by atoms with Gasteiger partial charge in [-0.1, -0.05) is 17.7 Å². The molecule has 0 saturated heterocycles. The Morgan fingerprint density at radius 3 is 2.32 bits per heavy atom. The smallest absolute Gasteiger partial charge is 0.309 e. The van der Waals surface area contributed by atoms with E-state index in [0.717, 1.165) is 5.56 Å². The Morgan fingerprint density at radius 2 is 1.77 bits per heavy atom. The topological polar surface area (TPSA) is 69.7 Å². The summed E-state index contributed by atoms with van der Waals surface area (Å²) in [7, 11) is -3.73. The fourth-order valence-electron chi connectivity index (χ4n) is 3.40. The van der Waals surface area contributed by atoms with Crippen LogP contribution in [-0.4, -0.2) is 27.1 Å². The largest absolute Gasteiger partial charge is 0.466 e. The zero-order chi connectivity index (χ0) is 15.9. The Hall–Kier alpha value is -1.40. The molecule has 0 aromatic heterocycles. The van der Waals surface area contributed by atoms with Gasteiger partial charge in [-0.2, -0.15) is 8.42 Å². The molecular formula is C16H20O5S. The predicted molar refractivity (Wildman–Crippen MR) is 79.6 cm³/mol. The van der Waals surface area contributed by atoms with Crippen molar-refractivity contribution in [2.24, 2.45) is 17.8 Å². The lowest BCUT2D eigenvalue weighted by molar-refractivity contribution is -0.145. The second kappa shape index (κ2) is 5.66. The van der Waals surface area contributed by atoms with Crippen LogP contribution in [0, 0.1) is 24.7 Å². The molecule has 0 N–H and O–H groups in total. The maximum Gasteiger partial charge on any atom is 0.309 e. The van der Waals surface area contributed by atoms with Gasteiger partial charge in [-0.05, 0) is 50.7 Å². The van der Waals surface area contributed by atoms with Gasteiger partial charge in [0.2, 0.25) is 0 Å². The van der Waals surface area contributed by atoms with Crippen molar-refractivity contribution in [2.75, 3.05) is 6.61 Å². The summed E-state index contributed by atoms with van der Waals surface area (Å²) in [5.41, 5.74) is 0.998. The van der Waals surface area contributed by atoms with Crippen molar-refractivity contribution in [2.45, 2.75) is 37.7 Å². The molecule has 120 valence electrons. The summed E-state index contributed by atoms with van der Waals surface area (Å²) in [4.78, 5) is 11.9. The molecule has 4 atom stereocenters. The Balaban J connectivity index is 1.58. The molecule has 22 heavy (non-hydrogen) atoms. The van der Waals surface area contributed by atoms with Gasteiger partial charge < -0.3 is 4.74 Å². The average Bonchev–Trinajstić information content (AvgIpc) is 2.96. The number of rotatable bonds is 5. The van der Waals surface area contributed by atoms with Gasteiger partial charge in [-0.3, -0.25) is 8.98 Å². The third-order valence-corrected chi connectivity index (χ3v) is 5.91. The van der Waals surface area contributed by atoms with Gasteiger partial charge in [0, 0.05) is 0 Å². The summed E-state index contributed by atoms with van der Waals surface area (Å²) in [6, 6.07) is 6.61. The molecule has 0 bridgehead atoms. The highest BCUT2D eigenvalue weighted by atomic mass is 32.2. The van der Waals surface area contributed by atoms with Crippen LogP contribution in [0.25, 0.3) is 0 Å². The summed E-state index contributed by atoms with van der Waals surface area (Å²) < 4.78 is 34.8. The maximum atomic E-state index is 12.2. The van der Waals surface area contributed by atoms with Gasteiger partial charge in [-0.25, -0.2) is 0 Å². The SMILES string of the molecule is CCOC(=O)[C@H]1[C@@H]2C[C@H](OS(=O)(=O)c3ccc(C)cc3)C[C@@H]21. The van der Waals surface area contributed by atoms with Gasteiger partial charge in [-0.15, -0.1) is 0 Å². The minimum absolute atomic E-state index is 0.0538. The molecule has 0 radical (unpaired) electrons. The molecule has 0 aliphatic heterocycles. The second-order valence-electron chi connectivity index (χ2n) is 6.06. The molecule has 2 fully saturated rings. The highest BCUT2D eigenvalue weighted by Crippen LogP contribution is 2.58. The number of ether oxygens (including phenoxy) is 1. The molecule has 1 aromatic rings. The lowest BCUT2D eigenvalue weighted by Crippen LogP contribution is -2.20. The van der Waals surface area contributed by atoms with Gasteiger partial charge in [0.05, 0.1) is 23.5 Å². The number of aryl methyl sites for hydroxylation is 1. The molecule has 0 amide bonds. The molecule has 2 aliphatic rings. The van der Waals surface area contributed by atoms with E-state index in [2.05, 4.69) is 0 Å². The molecule has 6 heteroatoms. The lowest BCUT2D eigenvalue weighted by Gasteiger charge is -2.15. The normalized spacial score (nSPS) is 29.9. The molecule has 0 heterocycles. The summed E-state index contributed by atoms with van der Waals surface area (Å²) in [6.45, 7) is 4.07. The Bertz CT molecular complexity index is 652. The second-order valence-corrected chi connectivity index (χ2v) is 7.63. The van der Waals surface area contributed by atoms with Crippen molar-refractivity contribution < 1.29 is 22.1 Å². The van der Waals surface area contributed by atoms with Crippen molar-refractivity contribution in [1.82, 2.24) is 0 Å². The molecule has 1 aromatic carbocycles. The summed E-state index contributed by atoms with van der Waals surface area (Å²) in [5, 5.41) is 0. The van der Waals surface area contributed by atoms with E-state index in [9.17, 15) is 13.2 Å². The fourth-order valence-corrected chi connectivity index (χ4v) is 4.49. The van der Waals surface area contributed by atoms with Crippen LogP contribution >= 0.6 is 0 Å². The third-order valence-electron chi connectivity index (χ3n) is 4.53. The number of fused-ring (bicyclic) bond motifs is 1. The van der Waals surface area contributed by atoms with Crippen LogP contribution in [0.3, 0.4) is 0 Å². The van der Waals surface area contributed by atoms with Crippen molar-refractivity contribution in [3.8, 4) is 0 Å². The molecule has 0 unspecified atom stereocenters. The van der Waals surface area contributed by atoms with Crippen LogP contribution < -0.4 is 0 Å². The Kier molecular flexibility index (Phi) is 3.99. The fraction of sp³-hybridized carbons (Fsp3) is 0.562. The van der Waals surface area contributed by atoms with Crippen molar-refractivity contribution in [1.29, 1.82) is 0 Å². The first kappa shape index (κ1) is 15.5. The summed E-state index contributed by atoms with van der Waals surface area (Å²) >= 11 is 0. The number of benzene rings is 1. The van der Waals surface area contributed by atoms with Gasteiger partial charge in [0.15, 0.2) is 0 Å². The van der Waals surface area contributed by atoms with E-state index in [1.807, 2.05) is 6.92 Å². The molecule has 2 saturated carbocycles. The first-order valence-electron chi connectivity index (χ1n) is 7.59. The van der Waals surface area contributed by atoms with E-state index in [4.69, 9.17) is 8.92 Å². The van der Waals surface area contributed by atoms with Crippen LogP contribution in [0.4, 0.5) is 0 Å². The highest BCUT2D eigenvalue weighted by Gasteiger charge is 2.61. The minimum Gasteiger partial charge on any atom is -0.466 e. The van der Waals surface area contributed by atoms with E-state index in [1.54, 1.807) is 31.2 Å². The zero-order valence-electron chi connectivity index (χ0n) is 12.7. The van der Waals surface area contributed by atoms with Crippen molar-refractivity contribution in [3.63, 3.8) is 0 Å². The number of hydrogen-bond donors (Lipinski definition) is 0. The predicted octanol–water partition coefficient (Wildman–Crippen LogP) is 2.29. The van der Waals surface area contributed by atoms with Crippen LogP contribution in [0.15, 0.2) is 29.2 Å². The van der Waals surface area contributed by atoms with Crippen molar-refractivity contribution in [3.05, 3.63) is 29.8 Å². The van der Waals surface area contributed by atoms with Gasteiger partial charge in [0.1, 0.15) is 0 Å². The standard InChI is InChI=1S/C16H20O5S/c1-3-20-16(17)15-13-8-11(9-14(13)15)21-22(18,19)12-6-4-10(2)5-7-12/h4-7,11,13-15H,3,8-9H2,1-2H3/t11-,13+,14-,15-. The third kappa shape index (κ3) is 2.90. The first-order valence-corrected chi connectivity index (χ1v) is 9.00. The van der Waals surface area contributed by atoms with Crippen LogP contribution in [-0.2, 0) is 23.8 Å². The maximum absolute atomic E-state index is 12.2. The number of carbonyl (C=O) groups excluding carboxylic acids is 1. The lowest BCUT2D eigenvalue weighted by atomic mass is 10.1. The number of carbonyl (C=O) groups is 1. The summed E-state index contributed by atoms with van der Waals surface area (Å²) in [6.07, 6.45) is 0.894. The molecule has 3 rings (SSSR count). The van der Waals surface area contributed by atoms with Crippen LogP contribution in [0.1, 0.15) is 25.3 Å². The van der Waals surface area contributed by atoms with E-state index in [0.29, 0.717) is 19.4 Å². The van der Waals surface area contributed by atoms with Gasteiger partial charge >= 0.3 is 5.97 Å². The van der Waals surface area contributed by atoms with E-state index < -0.39 is 10.1 Å². The summed E-state index contributed by atoms with van der Waals surface area (Å²) in [5.74, 6) is 0.230. The Morgan fingerprint density at radius 1 is 1.18 bits per heavy atom. The van der Waals surface area contributed by atoms with E-state index >= 15 is 0 Å². The Labute approximate surface area is 130 Å². The number of hydrogen-bond acceptors (Lipinski definition) is 5.